The second-order valence-electron chi connectivity index (χ2n) is 5.73. The summed E-state index contributed by atoms with van der Waals surface area (Å²) in [6.07, 6.45) is 0.0479. The van der Waals surface area contributed by atoms with E-state index in [0.717, 1.165) is 17.1 Å². The Morgan fingerprint density at radius 1 is 1.12 bits per heavy atom. The topological polar surface area (TPSA) is 47.6 Å². The lowest BCUT2D eigenvalue weighted by molar-refractivity contribution is -0.122. The van der Waals surface area contributed by atoms with Crippen molar-refractivity contribution in [3.63, 3.8) is 0 Å². The summed E-state index contributed by atoms with van der Waals surface area (Å²) in [6, 6.07) is 13.3. The molecule has 2 aromatic carbocycles. The number of carbonyl (C=O) groups is 1. The molecular weight excluding hydrogens is 302 g/mol. The fourth-order valence-electron chi connectivity index (χ4n) is 2.46. The molecule has 128 valence electrons. The first-order valence-electron chi connectivity index (χ1n) is 8.31. The van der Waals surface area contributed by atoms with Crippen LogP contribution < -0.4 is 14.8 Å². The van der Waals surface area contributed by atoms with Crippen molar-refractivity contribution in [1.82, 2.24) is 0 Å². The largest absolute Gasteiger partial charge is 0.494 e. The Morgan fingerprint density at radius 3 is 2.58 bits per heavy atom. The fraction of sp³-hybridized carbons (Fsp3) is 0.350. The first-order valence-corrected chi connectivity index (χ1v) is 8.31. The number of benzene rings is 2. The smallest absolute Gasteiger partial charge is 0.265 e. The van der Waals surface area contributed by atoms with E-state index in [1.807, 2.05) is 70.2 Å². The van der Waals surface area contributed by atoms with Gasteiger partial charge in [-0.3, -0.25) is 4.79 Å². The molecule has 0 heterocycles. The molecule has 0 fully saturated rings. The molecule has 0 bridgehead atoms. The summed E-state index contributed by atoms with van der Waals surface area (Å²) in [5.74, 6) is 1.32. The van der Waals surface area contributed by atoms with Crippen LogP contribution in [0.25, 0.3) is 0 Å². The number of amides is 1. The maximum absolute atomic E-state index is 12.5. The van der Waals surface area contributed by atoms with E-state index in [1.165, 1.54) is 5.56 Å². The number of hydrogen-bond acceptors (Lipinski definition) is 3. The Bertz CT molecular complexity index is 697. The average Bonchev–Trinajstić information content (AvgIpc) is 2.54. The molecule has 1 amide bonds. The van der Waals surface area contributed by atoms with Crippen molar-refractivity contribution in [3.05, 3.63) is 53.6 Å². The molecule has 2 rings (SSSR count). The number of ether oxygens (including phenoxy) is 2. The van der Waals surface area contributed by atoms with Gasteiger partial charge in [0.25, 0.3) is 5.91 Å². The molecular formula is C20H25NO3. The van der Waals surface area contributed by atoms with Gasteiger partial charge in [0.1, 0.15) is 11.5 Å². The molecule has 1 N–H and O–H groups in total. The van der Waals surface area contributed by atoms with E-state index in [4.69, 9.17) is 9.47 Å². The predicted molar refractivity (Wildman–Crippen MR) is 96.9 cm³/mol. The van der Waals surface area contributed by atoms with Gasteiger partial charge in [-0.2, -0.15) is 0 Å². The second-order valence-corrected chi connectivity index (χ2v) is 5.73. The van der Waals surface area contributed by atoms with Crippen molar-refractivity contribution in [1.29, 1.82) is 0 Å². The first kappa shape index (κ1) is 17.9. The number of hydrogen-bond donors (Lipinski definition) is 1. The first-order chi connectivity index (χ1) is 11.5. The molecule has 4 nitrogen and oxygen atoms in total. The summed E-state index contributed by atoms with van der Waals surface area (Å²) in [6.45, 7) is 8.47. The van der Waals surface area contributed by atoms with Crippen molar-refractivity contribution in [2.45, 2.75) is 40.2 Å². The maximum Gasteiger partial charge on any atom is 0.265 e. The molecule has 0 unspecified atom stereocenters. The van der Waals surface area contributed by atoms with Crippen LogP contribution in [0.15, 0.2) is 42.5 Å². The zero-order chi connectivity index (χ0) is 17.5. The van der Waals surface area contributed by atoms with Crippen LogP contribution in [0.4, 0.5) is 5.69 Å². The predicted octanol–water partition coefficient (Wildman–Crippen LogP) is 4.50. The molecule has 0 saturated heterocycles. The van der Waals surface area contributed by atoms with E-state index in [1.54, 1.807) is 0 Å². The van der Waals surface area contributed by atoms with E-state index < -0.39 is 6.10 Å². The number of anilines is 1. The summed E-state index contributed by atoms with van der Waals surface area (Å²) in [5, 5.41) is 2.90. The average molecular weight is 327 g/mol. The number of aryl methyl sites for hydroxylation is 2. The summed E-state index contributed by atoms with van der Waals surface area (Å²) >= 11 is 0. The highest BCUT2D eigenvalue weighted by Crippen LogP contribution is 2.22. The number of rotatable bonds is 7. The van der Waals surface area contributed by atoms with Gasteiger partial charge in [0.2, 0.25) is 0 Å². The van der Waals surface area contributed by atoms with Gasteiger partial charge < -0.3 is 14.8 Å². The molecule has 4 heteroatoms. The highest BCUT2D eigenvalue weighted by atomic mass is 16.5. The van der Waals surface area contributed by atoms with Crippen LogP contribution in [0.5, 0.6) is 11.5 Å². The molecule has 2 aromatic rings. The molecule has 1 atom stereocenters. The number of nitrogens with one attached hydrogen (secondary N) is 1. The van der Waals surface area contributed by atoms with Crippen molar-refractivity contribution in [3.8, 4) is 11.5 Å². The maximum atomic E-state index is 12.5. The van der Waals surface area contributed by atoms with E-state index in [-0.39, 0.29) is 5.91 Å². The van der Waals surface area contributed by atoms with Crippen LogP contribution in [0.1, 0.15) is 31.4 Å². The van der Waals surface area contributed by atoms with Crippen LogP contribution in [0.2, 0.25) is 0 Å². The van der Waals surface area contributed by atoms with Crippen LogP contribution >= 0.6 is 0 Å². The van der Waals surface area contributed by atoms with Crippen LogP contribution in [0, 0.1) is 13.8 Å². The number of carbonyl (C=O) groups excluding carboxylic acids is 1. The third-order valence-corrected chi connectivity index (χ3v) is 3.68. The SMILES string of the molecule is CCOc1cccc(NC(=O)[C@@H](CC)Oc2ccc(C)cc2C)c1. The molecule has 0 radical (unpaired) electrons. The minimum atomic E-state index is -0.540. The van der Waals surface area contributed by atoms with E-state index >= 15 is 0 Å². The summed E-state index contributed by atoms with van der Waals surface area (Å²) in [7, 11) is 0. The lowest BCUT2D eigenvalue weighted by atomic mass is 10.1. The lowest BCUT2D eigenvalue weighted by Crippen LogP contribution is -2.32. The van der Waals surface area contributed by atoms with Crippen molar-refractivity contribution in [2.75, 3.05) is 11.9 Å². The summed E-state index contributed by atoms with van der Waals surface area (Å²) < 4.78 is 11.4. The van der Waals surface area contributed by atoms with E-state index in [0.29, 0.717) is 18.7 Å². The zero-order valence-electron chi connectivity index (χ0n) is 14.8. The molecule has 0 aliphatic heterocycles. The van der Waals surface area contributed by atoms with Gasteiger partial charge in [-0.25, -0.2) is 0 Å². The monoisotopic (exact) mass is 327 g/mol. The normalized spacial score (nSPS) is 11.7. The van der Waals surface area contributed by atoms with Crippen molar-refractivity contribution >= 4 is 11.6 Å². The van der Waals surface area contributed by atoms with Crippen molar-refractivity contribution < 1.29 is 14.3 Å². The van der Waals surface area contributed by atoms with Gasteiger partial charge in [0.15, 0.2) is 6.10 Å². The van der Waals surface area contributed by atoms with Gasteiger partial charge >= 0.3 is 0 Å². The Balaban J connectivity index is 2.07. The van der Waals surface area contributed by atoms with Gasteiger partial charge in [0.05, 0.1) is 6.61 Å². The second kappa shape index (κ2) is 8.39. The summed E-state index contributed by atoms with van der Waals surface area (Å²) in [4.78, 5) is 12.5. The fourth-order valence-corrected chi connectivity index (χ4v) is 2.46. The van der Waals surface area contributed by atoms with Gasteiger partial charge in [-0.15, -0.1) is 0 Å². The molecule has 0 aromatic heterocycles. The molecule has 0 spiro atoms. The molecule has 0 aliphatic rings. The van der Waals surface area contributed by atoms with E-state index in [9.17, 15) is 4.79 Å². The minimum Gasteiger partial charge on any atom is -0.494 e. The van der Waals surface area contributed by atoms with Crippen LogP contribution in [-0.2, 0) is 4.79 Å². The van der Waals surface area contributed by atoms with Gasteiger partial charge in [0, 0.05) is 11.8 Å². The van der Waals surface area contributed by atoms with Gasteiger partial charge in [-0.1, -0.05) is 30.7 Å². The zero-order valence-corrected chi connectivity index (χ0v) is 14.8. The molecule has 24 heavy (non-hydrogen) atoms. The van der Waals surface area contributed by atoms with E-state index in [2.05, 4.69) is 5.32 Å². The standard InChI is InChI=1S/C20H25NO3/c1-5-18(24-19-11-10-14(3)12-15(19)4)20(22)21-16-8-7-9-17(13-16)23-6-2/h7-13,18H,5-6H2,1-4H3,(H,21,22)/t18-/m1/s1. The van der Waals surface area contributed by atoms with Gasteiger partial charge in [-0.05, 0) is 51.0 Å². The Kier molecular flexibility index (Phi) is 6.24. The molecule has 0 saturated carbocycles. The Labute approximate surface area is 143 Å². The minimum absolute atomic E-state index is 0.161. The third kappa shape index (κ3) is 4.75. The Hall–Kier alpha value is -2.49. The molecule has 0 aliphatic carbocycles. The third-order valence-electron chi connectivity index (χ3n) is 3.68. The summed E-state index contributed by atoms with van der Waals surface area (Å²) in [5.41, 5.74) is 2.90. The van der Waals surface area contributed by atoms with Crippen LogP contribution in [0.3, 0.4) is 0 Å². The highest BCUT2D eigenvalue weighted by molar-refractivity contribution is 5.94. The quantitative estimate of drug-likeness (QED) is 0.814. The van der Waals surface area contributed by atoms with Crippen molar-refractivity contribution in [2.24, 2.45) is 0 Å². The Morgan fingerprint density at radius 2 is 1.92 bits per heavy atom. The van der Waals surface area contributed by atoms with Crippen LogP contribution in [-0.4, -0.2) is 18.6 Å². The lowest BCUT2D eigenvalue weighted by Gasteiger charge is -2.19. The highest BCUT2D eigenvalue weighted by Gasteiger charge is 2.19.